The van der Waals surface area contributed by atoms with Crippen LogP contribution in [0.15, 0.2) is 24.3 Å². The molecular formula is C18H29NO2. The van der Waals surface area contributed by atoms with Gasteiger partial charge in [0, 0.05) is 12.6 Å². The van der Waals surface area contributed by atoms with E-state index in [1.54, 1.807) is 7.11 Å². The minimum atomic E-state index is 0.107. The Kier molecular flexibility index (Phi) is 6.07. The van der Waals surface area contributed by atoms with Crippen LogP contribution >= 0.6 is 0 Å². The van der Waals surface area contributed by atoms with Crippen molar-refractivity contribution in [3.63, 3.8) is 0 Å². The van der Waals surface area contributed by atoms with Gasteiger partial charge in [-0.15, -0.1) is 0 Å². The van der Waals surface area contributed by atoms with Gasteiger partial charge in [-0.2, -0.15) is 0 Å². The Morgan fingerprint density at radius 3 is 2.57 bits per heavy atom. The predicted octanol–water partition coefficient (Wildman–Crippen LogP) is 3.57. The highest BCUT2D eigenvalue weighted by atomic mass is 16.5. The van der Waals surface area contributed by atoms with Crippen LogP contribution in [0.2, 0.25) is 0 Å². The molecule has 118 valence electrons. The number of rotatable bonds is 7. The predicted molar refractivity (Wildman–Crippen MR) is 87.0 cm³/mol. The van der Waals surface area contributed by atoms with E-state index in [1.165, 1.54) is 5.56 Å². The molecule has 0 aliphatic carbocycles. The third-order valence-electron chi connectivity index (χ3n) is 4.79. The molecule has 1 N–H and O–H groups in total. The van der Waals surface area contributed by atoms with Crippen LogP contribution in [0.3, 0.4) is 0 Å². The van der Waals surface area contributed by atoms with Gasteiger partial charge in [-0.3, -0.25) is 0 Å². The first-order valence-corrected chi connectivity index (χ1v) is 8.21. The van der Waals surface area contributed by atoms with E-state index in [4.69, 9.17) is 9.47 Å². The molecule has 0 amide bonds. The summed E-state index contributed by atoms with van der Waals surface area (Å²) in [6.07, 6.45) is 5.56. The summed E-state index contributed by atoms with van der Waals surface area (Å²) < 4.78 is 11.2. The molecule has 0 aromatic heterocycles. The fraction of sp³-hybridized carbons (Fsp3) is 0.667. The van der Waals surface area contributed by atoms with E-state index in [0.717, 1.165) is 51.0 Å². The fourth-order valence-electron chi connectivity index (χ4n) is 3.16. The Morgan fingerprint density at radius 1 is 1.24 bits per heavy atom. The van der Waals surface area contributed by atoms with Crippen LogP contribution in [0.4, 0.5) is 0 Å². The minimum absolute atomic E-state index is 0.107. The van der Waals surface area contributed by atoms with Crippen molar-refractivity contribution in [3.05, 3.63) is 29.8 Å². The quantitative estimate of drug-likeness (QED) is 0.833. The maximum Gasteiger partial charge on any atom is 0.118 e. The maximum absolute atomic E-state index is 6.03. The van der Waals surface area contributed by atoms with Crippen molar-refractivity contribution in [3.8, 4) is 5.75 Å². The van der Waals surface area contributed by atoms with E-state index >= 15 is 0 Å². The SMILES string of the molecule is CCC1(CC)CC(NCCc2ccc(OC)cc2)CCO1. The Balaban J connectivity index is 1.77. The first-order chi connectivity index (χ1) is 10.2. The summed E-state index contributed by atoms with van der Waals surface area (Å²) in [7, 11) is 1.70. The zero-order chi connectivity index (χ0) is 15.1. The van der Waals surface area contributed by atoms with E-state index in [0.29, 0.717) is 6.04 Å². The molecule has 1 aliphatic rings. The van der Waals surface area contributed by atoms with Gasteiger partial charge in [-0.25, -0.2) is 0 Å². The molecule has 3 nitrogen and oxygen atoms in total. The normalized spacial score (nSPS) is 21.2. The molecule has 1 atom stereocenters. The molecular weight excluding hydrogens is 262 g/mol. The van der Waals surface area contributed by atoms with Gasteiger partial charge in [0.15, 0.2) is 0 Å². The number of hydrogen-bond donors (Lipinski definition) is 1. The van der Waals surface area contributed by atoms with Crippen molar-refractivity contribution in [1.29, 1.82) is 0 Å². The topological polar surface area (TPSA) is 30.5 Å². The highest BCUT2D eigenvalue weighted by Gasteiger charge is 2.33. The molecule has 1 unspecified atom stereocenters. The highest BCUT2D eigenvalue weighted by molar-refractivity contribution is 5.27. The standard InChI is InChI=1S/C18H29NO2/c1-4-18(5-2)14-16(11-13-21-18)19-12-10-15-6-8-17(20-3)9-7-15/h6-9,16,19H,4-5,10-14H2,1-3H3. The molecule has 1 heterocycles. The zero-order valence-corrected chi connectivity index (χ0v) is 13.7. The highest BCUT2D eigenvalue weighted by Crippen LogP contribution is 2.31. The average Bonchev–Trinajstić information content (AvgIpc) is 2.55. The Bertz CT molecular complexity index is 412. The smallest absolute Gasteiger partial charge is 0.118 e. The summed E-state index contributed by atoms with van der Waals surface area (Å²) in [5, 5.41) is 3.71. The first kappa shape index (κ1) is 16.3. The van der Waals surface area contributed by atoms with Gasteiger partial charge in [-0.05, 0) is 56.3 Å². The van der Waals surface area contributed by atoms with E-state index in [1.807, 2.05) is 12.1 Å². The molecule has 1 saturated heterocycles. The van der Waals surface area contributed by atoms with Gasteiger partial charge in [0.2, 0.25) is 0 Å². The first-order valence-electron chi connectivity index (χ1n) is 8.21. The molecule has 0 bridgehead atoms. The lowest BCUT2D eigenvalue weighted by Crippen LogP contribution is -2.46. The largest absolute Gasteiger partial charge is 0.497 e. The van der Waals surface area contributed by atoms with Gasteiger partial charge in [0.05, 0.1) is 12.7 Å². The molecule has 21 heavy (non-hydrogen) atoms. The van der Waals surface area contributed by atoms with Crippen LogP contribution in [-0.4, -0.2) is 31.9 Å². The Hall–Kier alpha value is -1.06. The molecule has 1 aliphatic heterocycles. The number of ether oxygens (including phenoxy) is 2. The number of methoxy groups -OCH3 is 1. The number of benzene rings is 1. The zero-order valence-electron chi connectivity index (χ0n) is 13.7. The summed E-state index contributed by atoms with van der Waals surface area (Å²) in [5.41, 5.74) is 1.46. The van der Waals surface area contributed by atoms with Gasteiger partial charge in [0.25, 0.3) is 0 Å². The second kappa shape index (κ2) is 7.81. The van der Waals surface area contributed by atoms with Crippen LogP contribution in [0.1, 0.15) is 45.1 Å². The van der Waals surface area contributed by atoms with Crippen molar-refractivity contribution in [1.82, 2.24) is 5.32 Å². The summed E-state index contributed by atoms with van der Waals surface area (Å²) >= 11 is 0. The fourth-order valence-corrected chi connectivity index (χ4v) is 3.16. The van der Waals surface area contributed by atoms with Crippen LogP contribution < -0.4 is 10.1 Å². The molecule has 0 radical (unpaired) electrons. The van der Waals surface area contributed by atoms with Crippen molar-refractivity contribution in [2.75, 3.05) is 20.3 Å². The Morgan fingerprint density at radius 2 is 1.95 bits per heavy atom. The molecule has 1 aromatic rings. The van der Waals surface area contributed by atoms with Crippen molar-refractivity contribution in [2.24, 2.45) is 0 Å². The second-order valence-electron chi connectivity index (χ2n) is 5.98. The molecule has 2 rings (SSSR count). The molecule has 1 aromatic carbocycles. The molecule has 0 spiro atoms. The van der Waals surface area contributed by atoms with Crippen molar-refractivity contribution < 1.29 is 9.47 Å². The lowest BCUT2D eigenvalue weighted by Gasteiger charge is -2.40. The summed E-state index contributed by atoms with van der Waals surface area (Å²) in [6.45, 7) is 6.40. The molecule has 0 saturated carbocycles. The third kappa shape index (κ3) is 4.45. The number of nitrogens with one attached hydrogen (secondary N) is 1. The van der Waals surface area contributed by atoms with Gasteiger partial charge in [-0.1, -0.05) is 26.0 Å². The molecule has 3 heteroatoms. The van der Waals surface area contributed by atoms with Gasteiger partial charge >= 0.3 is 0 Å². The van der Waals surface area contributed by atoms with Crippen LogP contribution in [-0.2, 0) is 11.2 Å². The van der Waals surface area contributed by atoms with Crippen LogP contribution in [0, 0.1) is 0 Å². The second-order valence-corrected chi connectivity index (χ2v) is 5.98. The number of hydrogen-bond acceptors (Lipinski definition) is 3. The Labute approximate surface area is 129 Å². The van der Waals surface area contributed by atoms with E-state index in [2.05, 4.69) is 31.3 Å². The van der Waals surface area contributed by atoms with E-state index < -0.39 is 0 Å². The third-order valence-corrected chi connectivity index (χ3v) is 4.79. The lowest BCUT2D eigenvalue weighted by atomic mass is 9.86. The van der Waals surface area contributed by atoms with E-state index in [9.17, 15) is 0 Å². The summed E-state index contributed by atoms with van der Waals surface area (Å²) in [4.78, 5) is 0. The van der Waals surface area contributed by atoms with Crippen LogP contribution in [0.25, 0.3) is 0 Å². The maximum atomic E-state index is 6.03. The lowest BCUT2D eigenvalue weighted by molar-refractivity contribution is -0.0929. The monoisotopic (exact) mass is 291 g/mol. The van der Waals surface area contributed by atoms with Crippen molar-refractivity contribution >= 4 is 0 Å². The average molecular weight is 291 g/mol. The van der Waals surface area contributed by atoms with Crippen LogP contribution in [0.5, 0.6) is 5.75 Å². The van der Waals surface area contributed by atoms with Gasteiger partial charge in [0.1, 0.15) is 5.75 Å². The summed E-state index contributed by atoms with van der Waals surface area (Å²) in [6, 6.07) is 8.95. The van der Waals surface area contributed by atoms with E-state index in [-0.39, 0.29) is 5.60 Å². The minimum Gasteiger partial charge on any atom is -0.497 e. The van der Waals surface area contributed by atoms with Crippen molar-refractivity contribution in [2.45, 2.75) is 57.6 Å². The van der Waals surface area contributed by atoms with Gasteiger partial charge < -0.3 is 14.8 Å². The molecule has 1 fully saturated rings. The summed E-state index contributed by atoms with van der Waals surface area (Å²) in [5.74, 6) is 0.923.